The summed E-state index contributed by atoms with van der Waals surface area (Å²) in [5.74, 6) is 0.470. The van der Waals surface area contributed by atoms with E-state index in [9.17, 15) is 4.79 Å². The molecule has 0 atom stereocenters. The van der Waals surface area contributed by atoms with Crippen molar-refractivity contribution < 1.29 is 9.53 Å². The number of rotatable bonds is 4. The van der Waals surface area contributed by atoms with Crippen LogP contribution in [0.4, 0.5) is 4.79 Å². The van der Waals surface area contributed by atoms with Crippen LogP contribution >= 0.6 is 23.4 Å². The summed E-state index contributed by atoms with van der Waals surface area (Å²) in [6.45, 7) is 1.79. The van der Waals surface area contributed by atoms with Crippen molar-refractivity contribution in [2.75, 3.05) is 19.3 Å². The van der Waals surface area contributed by atoms with Gasteiger partial charge in [0.1, 0.15) is 6.61 Å². The second-order valence-corrected chi connectivity index (χ2v) is 7.47. The van der Waals surface area contributed by atoms with Gasteiger partial charge >= 0.3 is 6.09 Å². The predicted octanol–water partition coefficient (Wildman–Crippen LogP) is 5.58. The first kappa shape index (κ1) is 18.2. The van der Waals surface area contributed by atoms with Crippen LogP contribution in [-0.2, 0) is 11.3 Å². The maximum Gasteiger partial charge on any atom is 0.410 e. The Hall–Kier alpha value is -1.65. The average Bonchev–Trinajstić information content (AvgIpc) is 2.67. The maximum atomic E-state index is 12.3. The number of benzene rings is 2. The molecule has 2 aromatic carbocycles. The minimum Gasteiger partial charge on any atom is -0.445 e. The molecule has 0 bridgehead atoms. The summed E-state index contributed by atoms with van der Waals surface area (Å²) in [5.41, 5.74) is 2.35. The van der Waals surface area contributed by atoms with E-state index in [-0.39, 0.29) is 6.09 Å². The molecule has 1 heterocycles. The van der Waals surface area contributed by atoms with Crippen LogP contribution in [-0.4, -0.2) is 30.3 Å². The average molecular weight is 376 g/mol. The summed E-state index contributed by atoms with van der Waals surface area (Å²) in [6, 6.07) is 15.9. The molecule has 3 nitrogen and oxygen atoms in total. The third kappa shape index (κ3) is 4.71. The number of amides is 1. The molecule has 3 rings (SSSR count). The highest BCUT2D eigenvalue weighted by atomic mass is 35.5. The molecule has 132 valence electrons. The molecular weight excluding hydrogens is 354 g/mol. The number of ether oxygens (including phenoxy) is 1. The summed E-state index contributed by atoms with van der Waals surface area (Å²) in [6.07, 6.45) is 3.76. The van der Waals surface area contributed by atoms with Crippen LogP contribution in [0, 0.1) is 0 Å². The molecule has 1 aliphatic heterocycles. The lowest BCUT2D eigenvalue weighted by Gasteiger charge is -2.32. The number of likely N-dealkylation sites (tertiary alicyclic amines) is 1. The standard InChI is InChI=1S/C20H22ClNO2S/c1-25-19-13-17(21)7-8-18(19)16-9-11-22(12-10-16)20(23)24-14-15-5-3-2-4-6-15/h2-8,13,16H,9-12,14H2,1H3. The summed E-state index contributed by atoms with van der Waals surface area (Å²) < 4.78 is 5.43. The molecule has 5 heteroatoms. The quantitative estimate of drug-likeness (QED) is 0.653. The highest BCUT2D eigenvalue weighted by Gasteiger charge is 2.26. The largest absolute Gasteiger partial charge is 0.445 e. The van der Waals surface area contributed by atoms with Gasteiger partial charge in [0.25, 0.3) is 0 Å². The van der Waals surface area contributed by atoms with Crippen LogP contribution in [0.5, 0.6) is 0 Å². The number of halogens is 1. The molecule has 1 fully saturated rings. The molecule has 1 amide bonds. The first-order valence-electron chi connectivity index (χ1n) is 8.46. The first-order chi connectivity index (χ1) is 12.2. The van der Waals surface area contributed by atoms with Gasteiger partial charge in [-0.15, -0.1) is 11.8 Å². The second-order valence-electron chi connectivity index (χ2n) is 6.19. The Bertz CT molecular complexity index is 715. The van der Waals surface area contributed by atoms with Crippen molar-refractivity contribution in [2.45, 2.75) is 30.3 Å². The monoisotopic (exact) mass is 375 g/mol. The van der Waals surface area contributed by atoms with E-state index in [2.05, 4.69) is 12.3 Å². The molecule has 0 spiro atoms. The molecule has 0 aliphatic carbocycles. The third-order valence-corrected chi connectivity index (χ3v) is 5.62. The van der Waals surface area contributed by atoms with Gasteiger partial charge in [0, 0.05) is 23.0 Å². The van der Waals surface area contributed by atoms with Gasteiger partial charge in [0.15, 0.2) is 0 Å². The topological polar surface area (TPSA) is 29.5 Å². The van der Waals surface area contributed by atoms with E-state index in [4.69, 9.17) is 16.3 Å². The Morgan fingerprint density at radius 2 is 1.92 bits per heavy atom. The lowest BCUT2D eigenvalue weighted by Crippen LogP contribution is -2.38. The smallest absolute Gasteiger partial charge is 0.410 e. The fourth-order valence-corrected chi connectivity index (χ4v) is 4.16. The van der Waals surface area contributed by atoms with E-state index < -0.39 is 0 Å². The van der Waals surface area contributed by atoms with Crippen LogP contribution < -0.4 is 0 Å². The van der Waals surface area contributed by atoms with Gasteiger partial charge in [-0.25, -0.2) is 4.79 Å². The van der Waals surface area contributed by atoms with Crippen LogP contribution in [0.1, 0.15) is 29.9 Å². The number of thioether (sulfide) groups is 1. The molecule has 0 saturated carbocycles. The molecule has 0 N–H and O–H groups in total. The fraction of sp³-hybridized carbons (Fsp3) is 0.350. The van der Waals surface area contributed by atoms with Crippen LogP contribution in [0.2, 0.25) is 5.02 Å². The number of piperidine rings is 1. The SMILES string of the molecule is CSc1cc(Cl)ccc1C1CCN(C(=O)OCc2ccccc2)CC1. The van der Waals surface area contributed by atoms with Crippen molar-refractivity contribution in [1.82, 2.24) is 4.90 Å². The third-order valence-electron chi connectivity index (χ3n) is 4.59. The molecule has 0 aromatic heterocycles. The lowest BCUT2D eigenvalue weighted by atomic mass is 9.89. The van der Waals surface area contributed by atoms with E-state index in [1.54, 1.807) is 11.8 Å². The van der Waals surface area contributed by atoms with Crippen LogP contribution in [0.25, 0.3) is 0 Å². The number of hydrogen-bond donors (Lipinski definition) is 0. The number of carbonyl (C=O) groups is 1. The molecule has 25 heavy (non-hydrogen) atoms. The normalized spacial score (nSPS) is 15.2. The van der Waals surface area contributed by atoms with Crippen molar-refractivity contribution >= 4 is 29.5 Å². The minimum absolute atomic E-state index is 0.219. The van der Waals surface area contributed by atoms with E-state index in [1.807, 2.05) is 47.4 Å². The van der Waals surface area contributed by atoms with E-state index >= 15 is 0 Å². The molecule has 1 aliphatic rings. The lowest BCUT2D eigenvalue weighted by molar-refractivity contribution is 0.0869. The summed E-state index contributed by atoms with van der Waals surface area (Å²) in [5, 5.41) is 0.773. The van der Waals surface area contributed by atoms with Gasteiger partial charge in [0.05, 0.1) is 0 Å². The number of carbonyl (C=O) groups excluding carboxylic acids is 1. The van der Waals surface area contributed by atoms with Crippen molar-refractivity contribution in [3.63, 3.8) is 0 Å². The van der Waals surface area contributed by atoms with Gasteiger partial charge in [0.2, 0.25) is 0 Å². The predicted molar refractivity (Wildman–Crippen MR) is 103 cm³/mol. The molecule has 0 unspecified atom stereocenters. The summed E-state index contributed by atoms with van der Waals surface area (Å²) in [4.78, 5) is 15.3. The van der Waals surface area contributed by atoms with E-state index in [0.29, 0.717) is 12.5 Å². The highest BCUT2D eigenvalue weighted by Crippen LogP contribution is 2.35. The zero-order valence-electron chi connectivity index (χ0n) is 14.3. The van der Waals surface area contributed by atoms with Crippen molar-refractivity contribution in [3.05, 3.63) is 64.7 Å². The number of nitrogens with zero attached hydrogens (tertiary/aromatic N) is 1. The minimum atomic E-state index is -0.219. The van der Waals surface area contributed by atoms with Gasteiger partial charge < -0.3 is 9.64 Å². The van der Waals surface area contributed by atoms with Crippen molar-refractivity contribution in [3.8, 4) is 0 Å². The van der Waals surface area contributed by atoms with Crippen molar-refractivity contribution in [2.24, 2.45) is 0 Å². The molecule has 1 saturated heterocycles. The Balaban J connectivity index is 1.54. The number of hydrogen-bond acceptors (Lipinski definition) is 3. The zero-order chi connectivity index (χ0) is 17.6. The maximum absolute atomic E-state index is 12.3. The van der Waals surface area contributed by atoms with E-state index in [1.165, 1.54) is 10.5 Å². The van der Waals surface area contributed by atoms with Gasteiger partial charge in [-0.05, 0) is 48.3 Å². The van der Waals surface area contributed by atoms with Crippen LogP contribution in [0.3, 0.4) is 0 Å². The second kappa shape index (κ2) is 8.63. The Labute approximate surface area is 158 Å². The molecule has 0 radical (unpaired) electrons. The molecular formula is C20H22ClNO2S. The van der Waals surface area contributed by atoms with Gasteiger partial charge in [-0.3, -0.25) is 0 Å². The summed E-state index contributed by atoms with van der Waals surface area (Å²) in [7, 11) is 0. The first-order valence-corrected chi connectivity index (χ1v) is 10.1. The van der Waals surface area contributed by atoms with Crippen molar-refractivity contribution in [1.29, 1.82) is 0 Å². The zero-order valence-corrected chi connectivity index (χ0v) is 15.9. The van der Waals surface area contributed by atoms with Gasteiger partial charge in [-0.1, -0.05) is 48.0 Å². The van der Waals surface area contributed by atoms with Crippen LogP contribution in [0.15, 0.2) is 53.4 Å². The Kier molecular flexibility index (Phi) is 6.27. The fourth-order valence-electron chi connectivity index (χ4n) is 3.21. The Morgan fingerprint density at radius 3 is 2.60 bits per heavy atom. The van der Waals surface area contributed by atoms with E-state index in [0.717, 1.165) is 36.5 Å². The summed E-state index contributed by atoms with van der Waals surface area (Å²) >= 11 is 7.83. The molecule has 2 aromatic rings. The Morgan fingerprint density at radius 1 is 1.20 bits per heavy atom. The van der Waals surface area contributed by atoms with Gasteiger partial charge in [-0.2, -0.15) is 0 Å². The highest BCUT2D eigenvalue weighted by molar-refractivity contribution is 7.98.